The summed E-state index contributed by atoms with van der Waals surface area (Å²) in [5.41, 5.74) is 1.83. The van der Waals surface area contributed by atoms with Crippen LogP contribution < -0.4 is 9.64 Å². The van der Waals surface area contributed by atoms with Crippen LogP contribution in [0.1, 0.15) is 25.3 Å². The number of amides is 1. The molecule has 0 aliphatic heterocycles. The first-order chi connectivity index (χ1) is 16.1. The predicted molar refractivity (Wildman–Crippen MR) is 138 cm³/mol. The van der Waals surface area contributed by atoms with Gasteiger partial charge >= 0.3 is 0 Å². The monoisotopic (exact) mass is 497 g/mol. The molecule has 0 N–H and O–H groups in total. The summed E-state index contributed by atoms with van der Waals surface area (Å²) in [7, 11) is 0. The molecule has 0 aliphatic rings. The van der Waals surface area contributed by atoms with E-state index in [4.69, 9.17) is 21.3 Å². The third-order valence-corrected chi connectivity index (χ3v) is 7.26. The van der Waals surface area contributed by atoms with Crippen LogP contribution in [0, 0.1) is 0 Å². The molecule has 33 heavy (non-hydrogen) atoms. The van der Waals surface area contributed by atoms with E-state index < -0.39 is 0 Å². The van der Waals surface area contributed by atoms with Gasteiger partial charge in [-0.2, -0.15) is 0 Å². The van der Waals surface area contributed by atoms with Crippen molar-refractivity contribution in [3.05, 3.63) is 77.6 Å². The molecule has 0 aliphatic carbocycles. The normalized spacial score (nSPS) is 11.0. The minimum atomic E-state index is 0.0552. The average molecular weight is 498 g/mol. The van der Waals surface area contributed by atoms with Gasteiger partial charge in [0.2, 0.25) is 5.91 Å². The first-order valence-corrected chi connectivity index (χ1v) is 12.9. The summed E-state index contributed by atoms with van der Waals surface area (Å²) >= 11 is 9.18. The number of thiazole rings is 1. The van der Waals surface area contributed by atoms with Crippen LogP contribution in [0.4, 0.5) is 5.13 Å². The van der Waals surface area contributed by atoms with Gasteiger partial charge in [0.1, 0.15) is 5.75 Å². The summed E-state index contributed by atoms with van der Waals surface area (Å²) in [5.74, 6) is 1.72. The van der Waals surface area contributed by atoms with E-state index in [-0.39, 0.29) is 5.91 Å². The van der Waals surface area contributed by atoms with Gasteiger partial charge in [-0.15, -0.1) is 11.8 Å². The van der Waals surface area contributed by atoms with Crippen LogP contribution in [-0.4, -0.2) is 28.2 Å². The number of halogens is 1. The molecular weight excluding hydrogens is 474 g/mol. The van der Waals surface area contributed by atoms with Crippen molar-refractivity contribution in [3.63, 3.8) is 0 Å². The van der Waals surface area contributed by atoms with E-state index in [9.17, 15) is 4.79 Å². The van der Waals surface area contributed by atoms with Crippen LogP contribution in [0.3, 0.4) is 0 Å². The topological polar surface area (TPSA) is 55.3 Å². The van der Waals surface area contributed by atoms with Crippen LogP contribution in [-0.2, 0) is 11.3 Å². The van der Waals surface area contributed by atoms with E-state index in [1.165, 1.54) is 11.3 Å². The van der Waals surface area contributed by atoms with Gasteiger partial charge in [0, 0.05) is 28.7 Å². The van der Waals surface area contributed by atoms with E-state index in [1.54, 1.807) is 29.1 Å². The first kappa shape index (κ1) is 23.5. The molecule has 0 fully saturated rings. The van der Waals surface area contributed by atoms with E-state index in [0.29, 0.717) is 24.7 Å². The highest BCUT2D eigenvalue weighted by molar-refractivity contribution is 7.99. The van der Waals surface area contributed by atoms with E-state index in [1.807, 2.05) is 61.5 Å². The Labute approximate surface area is 206 Å². The number of nitrogens with zero attached hydrogens (tertiary/aromatic N) is 3. The highest BCUT2D eigenvalue weighted by Gasteiger charge is 2.20. The number of carbonyl (C=O) groups is 1. The molecule has 0 bridgehead atoms. The molecular formula is C25H24ClN3O2S2. The molecule has 0 spiro atoms. The molecule has 4 rings (SSSR count). The molecule has 1 amide bonds. The summed E-state index contributed by atoms with van der Waals surface area (Å²) < 4.78 is 6.61. The van der Waals surface area contributed by atoms with Gasteiger partial charge in [-0.3, -0.25) is 14.7 Å². The quantitative estimate of drug-likeness (QED) is 0.177. The largest absolute Gasteiger partial charge is 0.494 e. The molecule has 8 heteroatoms. The van der Waals surface area contributed by atoms with Crippen molar-refractivity contribution in [2.75, 3.05) is 17.3 Å². The van der Waals surface area contributed by atoms with Gasteiger partial charge in [-0.05, 0) is 73.2 Å². The maximum atomic E-state index is 13.3. The summed E-state index contributed by atoms with van der Waals surface area (Å²) in [6.45, 7) is 3.01. The highest BCUT2D eigenvalue weighted by atomic mass is 35.5. The number of thioether (sulfide) groups is 1. The highest BCUT2D eigenvalue weighted by Crippen LogP contribution is 2.33. The number of aromatic nitrogens is 2. The molecule has 170 valence electrons. The molecule has 4 aromatic rings. The maximum Gasteiger partial charge on any atom is 0.229 e. The van der Waals surface area contributed by atoms with E-state index in [2.05, 4.69) is 4.98 Å². The van der Waals surface area contributed by atoms with Crippen LogP contribution in [0.2, 0.25) is 5.02 Å². The lowest BCUT2D eigenvalue weighted by Crippen LogP contribution is -2.30. The van der Waals surface area contributed by atoms with Gasteiger partial charge in [-0.1, -0.05) is 29.0 Å². The van der Waals surface area contributed by atoms with E-state index in [0.717, 1.165) is 43.6 Å². The summed E-state index contributed by atoms with van der Waals surface area (Å²) in [6.07, 6.45) is 4.74. The van der Waals surface area contributed by atoms with Crippen molar-refractivity contribution < 1.29 is 9.53 Å². The number of hydrogen-bond acceptors (Lipinski definition) is 6. The molecule has 2 aromatic heterocycles. The molecule has 0 radical (unpaired) electrons. The number of fused-ring (bicyclic) bond motifs is 1. The number of pyridine rings is 1. The Morgan fingerprint density at radius 2 is 2.03 bits per heavy atom. The number of hydrogen-bond donors (Lipinski definition) is 0. The molecule has 2 heterocycles. The van der Waals surface area contributed by atoms with Crippen LogP contribution >= 0.6 is 34.7 Å². The van der Waals surface area contributed by atoms with Crippen molar-refractivity contribution in [3.8, 4) is 5.75 Å². The molecule has 5 nitrogen and oxygen atoms in total. The SMILES string of the molecule is CCOc1ccc2nc(N(Cc3cccnc3)C(=O)CCCSc3ccc(Cl)cc3)sc2c1. The minimum absolute atomic E-state index is 0.0552. The number of anilines is 1. The Balaban J connectivity index is 1.47. The number of benzene rings is 2. The fourth-order valence-electron chi connectivity index (χ4n) is 3.28. The Kier molecular flexibility index (Phi) is 8.20. The molecule has 0 unspecified atom stereocenters. The van der Waals surface area contributed by atoms with Crippen molar-refractivity contribution in [2.45, 2.75) is 31.2 Å². The predicted octanol–water partition coefficient (Wildman–Crippen LogP) is 6.85. The van der Waals surface area contributed by atoms with Crippen LogP contribution in [0.15, 0.2) is 71.9 Å². The third kappa shape index (κ3) is 6.47. The van der Waals surface area contributed by atoms with E-state index >= 15 is 0 Å². The zero-order valence-corrected chi connectivity index (χ0v) is 20.6. The zero-order valence-electron chi connectivity index (χ0n) is 18.2. The Bertz CT molecular complexity index is 1200. The van der Waals surface area contributed by atoms with Gasteiger partial charge in [0.15, 0.2) is 5.13 Å². The molecule has 2 aromatic carbocycles. The summed E-state index contributed by atoms with van der Waals surface area (Å²) in [5, 5.41) is 1.42. The zero-order chi connectivity index (χ0) is 23.0. The van der Waals surface area contributed by atoms with Crippen molar-refractivity contribution >= 4 is 56.0 Å². The Morgan fingerprint density at radius 3 is 2.79 bits per heavy atom. The smallest absolute Gasteiger partial charge is 0.229 e. The molecule has 0 atom stereocenters. The van der Waals surface area contributed by atoms with Gasteiger partial charge in [-0.25, -0.2) is 4.98 Å². The Hall–Kier alpha value is -2.61. The molecule has 0 saturated heterocycles. The van der Waals surface area contributed by atoms with Crippen LogP contribution in [0.25, 0.3) is 10.2 Å². The summed E-state index contributed by atoms with van der Waals surface area (Å²) in [6, 6.07) is 17.5. The lowest BCUT2D eigenvalue weighted by molar-refractivity contribution is -0.118. The second kappa shape index (κ2) is 11.5. The van der Waals surface area contributed by atoms with Crippen molar-refractivity contribution in [1.29, 1.82) is 0 Å². The lowest BCUT2D eigenvalue weighted by Gasteiger charge is -2.20. The first-order valence-electron chi connectivity index (χ1n) is 10.7. The fourth-order valence-corrected chi connectivity index (χ4v) is 5.27. The third-order valence-electron chi connectivity index (χ3n) is 4.87. The van der Waals surface area contributed by atoms with Gasteiger partial charge < -0.3 is 4.74 Å². The average Bonchev–Trinajstić information content (AvgIpc) is 3.25. The second-order valence-corrected chi connectivity index (χ2v) is 9.92. The van der Waals surface area contributed by atoms with Gasteiger partial charge in [0.25, 0.3) is 0 Å². The second-order valence-electron chi connectivity index (χ2n) is 7.31. The summed E-state index contributed by atoms with van der Waals surface area (Å²) in [4.78, 5) is 25.1. The number of rotatable bonds is 10. The maximum absolute atomic E-state index is 13.3. The minimum Gasteiger partial charge on any atom is -0.494 e. The number of carbonyl (C=O) groups excluding carboxylic acids is 1. The number of ether oxygens (including phenoxy) is 1. The molecule has 0 saturated carbocycles. The Morgan fingerprint density at radius 1 is 1.18 bits per heavy atom. The fraction of sp³-hybridized carbons (Fsp3) is 0.240. The van der Waals surface area contributed by atoms with Crippen molar-refractivity contribution in [1.82, 2.24) is 9.97 Å². The van der Waals surface area contributed by atoms with Crippen molar-refractivity contribution in [2.24, 2.45) is 0 Å². The van der Waals surface area contributed by atoms with Gasteiger partial charge in [0.05, 0.1) is 23.4 Å². The standard InChI is InChI=1S/C25H24ClN3O2S2/c1-2-31-20-9-12-22-23(15-20)33-25(28-22)29(17-18-5-3-13-27-16-18)24(30)6-4-14-32-21-10-7-19(26)8-11-21/h3,5,7-13,15-16H,2,4,6,14,17H2,1H3. The van der Waals surface area contributed by atoms with Crippen LogP contribution in [0.5, 0.6) is 5.75 Å². The lowest BCUT2D eigenvalue weighted by atomic mass is 10.2.